The van der Waals surface area contributed by atoms with Crippen LogP contribution in [0.25, 0.3) is 0 Å². The highest BCUT2D eigenvalue weighted by atomic mass is 16.6. The van der Waals surface area contributed by atoms with Crippen molar-refractivity contribution in [1.82, 2.24) is 4.98 Å². The van der Waals surface area contributed by atoms with Gasteiger partial charge in [-0.3, -0.25) is 65.6 Å². The van der Waals surface area contributed by atoms with E-state index in [9.17, 15) is 60.7 Å². The Labute approximate surface area is 206 Å². The minimum Gasteiger partial charge on any atom is -0.384 e. The lowest BCUT2D eigenvalue weighted by Gasteiger charge is -2.23. The smallest absolute Gasteiger partial charge is 0.307 e. The number of rotatable bonds is 9. The van der Waals surface area contributed by atoms with Crippen LogP contribution in [0.3, 0.4) is 0 Å². The molecule has 0 spiro atoms. The van der Waals surface area contributed by atoms with E-state index in [4.69, 9.17) is 5.73 Å². The van der Waals surface area contributed by atoms with Gasteiger partial charge in [-0.1, -0.05) is 6.07 Å². The summed E-state index contributed by atoms with van der Waals surface area (Å²) in [4.78, 5) is 66.7. The first-order chi connectivity index (χ1) is 17.7. The first kappa shape index (κ1) is 26.2. The lowest BCUT2D eigenvalue weighted by atomic mass is 10.1. The van der Waals surface area contributed by atoms with Crippen LogP contribution in [-0.4, -0.2) is 34.5 Å². The lowest BCUT2D eigenvalue weighted by molar-refractivity contribution is -0.402. The molecule has 1 heterocycles. The predicted molar refractivity (Wildman–Crippen MR) is 123 cm³/mol. The average molecular weight is 531 g/mol. The van der Waals surface area contributed by atoms with Crippen LogP contribution in [0.2, 0.25) is 0 Å². The number of nitrogens with zero attached hydrogens (tertiary/aromatic N) is 8. The molecule has 0 aliphatic heterocycles. The van der Waals surface area contributed by atoms with E-state index in [0.717, 1.165) is 12.1 Å². The summed E-state index contributed by atoms with van der Waals surface area (Å²) >= 11 is 0. The Hall–Kier alpha value is -6.41. The van der Waals surface area contributed by atoms with Crippen molar-refractivity contribution in [2.24, 2.45) is 0 Å². The van der Waals surface area contributed by atoms with E-state index in [1.54, 1.807) is 0 Å². The Morgan fingerprint density at radius 2 is 0.921 bits per heavy atom. The molecule has 3 aromatic rings. The molecule has 1 aromatic heterocycles. The molecule has 2 N–H and O–H groups in total. The van der Waals surface area contributed by atoms with Gasteiger partial charge in [0, 0.05) is 0 Å². The molecule has 3 rings (SSSR count). The van der Waals surface area contributed by atoms with Gasteiger partial charge < -0.3 is 5.73 Å². The average Bonchev–Trinajstić information content (AvgIpc) is 2.83. The summed E-state index contributed by atoms with van der Waals surface area (Å²) in [6.45, 7) is 0. The number of nitrogen functional groups attached to an aromatic ring is 1. The molecule has 0 fully saturated rings. The van der Waals surface area contributed by atoms with Crippen molar-refractivity contribution in [1.29, 1.82) is 0 Å². The summed E-state index contributed by atoms with van der Waals surface area (Å²) in [6.07, 6.45) is 0. The van der Waals surface area contributed by atoms with Crippen LogP contribution in [0.5, 0.6) is 0 Å². The number of hydrogen-bond donors (Lipinski definition) is 1. The predicted octanol–water partition coefficient (Wildman–Crippen LogP) is 3.58. The molecule has 21 nitrogen and oxygen atoms in total. The van der Waals surface area contributed by atoms with Gasteiger partial charge in [-0.25, -0.2) is 4.98 Å². The minimum absolute atomic E-state index is 0.246. The highest BCUT2D eigenvalue weighted by Gasteiger charge is 2.43. The maximum atomic E-state index is 11.9. The molecule has 21 heteroatoms. The van der Waals surface area contributed by atoms with Crippen LogP contribution in [0.1, 0.15) is 0 Å². The fourth-order valence-electron chi connectivity index (χ4n) is 3.31. The second-order valence-corrected chi connectivity index (χ2v) is 6.96. The quantitative estimate of drug-likeness (QED) is 0.304. The summed E-state index contributed by atoms with van der Waals surface area (Å²) in [5, 5.41) is 70.2. The molecule has 0 atom stereocenters. The fraction of sp³-hybridized carbons (Fsp3) is 0. The van der Waals surface area contributed by atoms with Gasteiger partial charge in [0.1, 0.15) is 11.6 Å². The first-order valence-corrected chi connectivity index (χ1v) is 9.49. The van der Waals surface area contributed by atoms with Crippen molar-refractivity contribution < 1.29 is 29.5 Å². The molecule has 194 valence electrons. The topological polar surface area (TPSA) is 301 Å². The summed E-state index contributed by atoms with van der Waals surface area (Å²) in [7, 11) is 0. The zero-order chi connectivity index (χ0) is 28.5. The van der Waals surface area contributed by atoms with Crippen molar-refractivity contribution in [3.63, 3.8) is 0 Å². The van der Waals surface area contributed by atoms with Crippen molar-refractivity contribution in [3.8, 4) is 0 Å². The van der Waals surface area contributed by atoms with E-state index >= 15 is 0 Å². The van der Waals surface area contributed by atoms with Gasteiger partial charge in [-0.15, -0.1) is 0 Å². The van der Waals surface area contributed by atoms with Crippen LogP contribution < -0.4 is 10.6 Å². The van der Waals surface area contributed by atoms with Crippen LogP contribution in [0.15, 0.2) is 42.5 Å². The molecule has 38 heavy (non-hydrogen) atoms. The van der Waals surface area contributed by atoms with Crippen LogP contribution >= 0.6 is 0 Å². The number of benzene rings is 2. The third-order valence-electron chi connectivity index (χ3n) is 4.75. The molecule has 0 saturated carbocycles. The van der Waals surface area contributed by atoms with Crippen LogP contribution in [0.4, 0.5) is 57.1 Å². The van der Waals surface area contributed by atoms with Gasteiger partial charge in [0.15, 0.2) is 0 Å². The molecule has 0 radical (unpaired) electrons. The number of pyridine rings is 1. The Kier molecular flexibility index (Phi) is 6.68. The summed E-state index contributed by atoms with van der Waals surface area (Å²) in [5.41, 5.74) is -4.58. The fourth-order valence-corrected chi connectivity index (χ4v) is 3.31. The molecule has 2 aromatic carbocycles. The molecule has 0 unspecified atom stereocenters. The zero-order valence-electron chi connectivity index (χ0n) is 18.1. The summed E-state index contributed by atoms with van der Waals surface area (Å²) in [6, 6.07) is 4.39. The second-order valence-electron chi connectivity index (χ2n) is 6.96. The third kappa shape index (κ3) is 4.72. The third-order valence-corrected chi connectivity index (χ3v) is 4.75. The first-order valence-electron chi connectivity index (χ1n) is 9.49. The van der Waals surface area contributed by atoms with Gasteiger partial charge in [0.25, 0.3) is 11.4 Å². The molecule has 0 amide bonds. The number of non-ortho nitro benzene ring substituents is 2. The van der Waals surface area contributed by atoms with Crippen LogP contribution in [-0.2, 0) is 0 Å². The molecule has 0 aliphatic rings. The minimum atomic E-state index is -1.38. The lowest BCUT2D eigenvalue weighted by Crippen LogP contribution is -2.19. The van der Waals surface area contributed by atoms with Crippen LogP contribution in [0, 0.1) is 60.7 Å². The van der Waals surface area contributed by atoms with Gasteiger partial charge in [-0.05, 0) is 12.1 Å². The van der Waals surface area contributed by atoms with E-state index in [2.05, 4.69) is 4.98 Å². The van der Waals surface area contributed by atoms with Crippen molar-refractivity contribution >= 4 is 57.1 Å². The van der Waals surface area contributed by atoms with Gasteiger partial charge in [0.05, 0.1) is 53.8 Å². The number of anilines is 4. The van der Waals surface area contributed by atoms with Crippen molar-refractivity contribution in [2.45, 2.75) is 0 Å². The number of aromatic nitrogens is 1. The Balaban J connectivity index is 2.68. The highest BCUT2D eigenvalue weighted by molar-refractivity contribution is 5.95. The van der Waals surface area contributed by atoms with Crippen molar-refractivity contribution in [2.75, 3.05) is 10.6 Å². The molecule has 0 saturated heterocycles. The summed E-state index contributed by atoms with van der Waals surface area (Å²) in [5.74, 6) is -1.03. The highest BCUT2D eigenvalue weighted by Crippen LogP contribution is 2.52. The van der Waals surface area contributed by atoms with E-state index in [1.165, 1.54) is 6.07 Å². The van der Waals surface area contributed by atoms with E-state index in [1.807, 2.05) is 0 Å². The van der Waals surface area contributed by atoms with E-state index < -0.39 is 80.9 Å². The molecular weight excluding hydrogens is 522 g/mol. The van der Waals surface area contributed by atoms with Gasteiger partial charge in [-0.2, -0.15) is 0 Å². The SMILES string of the molecule is Nc1cccc(N(c2c([N+](=O)[O-])cc([N+](=O)[O-])cc2[N+](=O)[O-])c2c([N+](=O)[O-])cc([N+](=O)[O-])cc2[N+](=O)[O-])n1. The van der Waals surface area contributed by atoms with Gasteiger partial charge in [0.2, 0.25) is 11.4 Å². The zero-order valence-corrected chi connectivity index (χ0v) is 18.1. The normalized spacial score (nSPS) is 10.4. The standard InChI is InChI=1S/C17H9N9O12/c18-14-2-1-3-15(19-14)20(16-10(23(31)32)4-8(21(27)28)5-11(16)24(33)34)17-12(25(35)36)6-9(22(29)30)7-13(17)26(37)38/h1-7H,(H2,18,19). The summed E-state index contributed by atoms with van der Waals surface area (Å²) < 4.78 is 0. The largest absolute Gasteiger partial charge is 0.384 e. The van der Waals surface area contributed by atoms with Gasteiger partial charge >= 0.3 is 22.7 Å². The molecule has 0 aliphatic carbocycles. The Morgan fingerprint density at radius 1 is 0.579 bits per heavy atom. The number of hydrogen-bond acceptors (Lipinski definition) is 15. The number of nitro benzene ring substituents is 6. The number of nitrogens with two attached hydrogens (primary N) is 1. The Bertz CT molecular complexity index is 1410. The monoisotopic (exact) mass is 531 g/mol. The molecular formula is C17H9N9O12. The maximum absolute atomic E-state index is 11.9. The van der Waals surface area contributed by atoms with E-state index in [0.29, 0.717) is 0 Å². The Morgan fingerprint density at radius 3 is 1.18 bits per heavy atom. The van der Waals surface area contributed by atoms with E-state index in [-0.39, 0.29) is 35.0 Å². The maximum Gasteiger partial charge on any atom is 0.307 e. The van der Waals surface area contributed by atoms with Crippen molar-refractivity contribution in [3.05, 3.63) is 103 Å². The molecule has 0 bridgehead atoms. The number of nitro groups is 6. The second kappa shape index (κ2) is 9.68.